The van der Waals surface area contributed by atoms with E-state index >= 15 is 0 Å². The molecule has 1 aromatic carbocycles. The van der Waals surface area contributed by atoms with E-state index in [1.54, 1.807) is 0 Å². The third kappa shape index (κ3) is 5.08. The Labute approximate surface area is 109 Å². The van der Waals surface area contributed by atoms with E-state index in [0.717, 1.165) is 11.4 Å². The number of para-hydroxylation sites is 2. The average Bonchev–Trinajstić information content (AvgIpc) is 2.26. The van der Waals surface area contributed by atoms with Crippen molar-refractivity contribution < 1.29 is 9.53 Å². The molecule has 0 saturated heterocycles. The molecule has 100 valence electrons. The van der Waals surface area contributed by atoms with E-state index in [9.17, 15) is 4.79 Å². The molecule has 0 fully saturated rings. The number of anilines is 1. The second kappa shape index (κ2) is 6.89. The summed E-state index contributed by atoms with van der Waals surface area (Å²) in [6.45, 7) is 8.07. The first kappa shape index (κ1) is 14.4. The molecule has 0 heterocycles. The van der Waals surface area contributed by atoms with Crippen LogP contribution in [0.3, 0.4) is 0 Å². The highest BCUT2D eigenvalue weighted by molar-refractivity contribution is 5.81. The van der Waals surface area contributed by atoms with Crippen LogP contribution < -0.4 is 15.4 Å². The summed E-state index contributed by atoms with van der Waals surface area (Å²) in [6, 6.07) is 7.78. The molecule has 1 amide bonds. The minimum absolute atomic E-state index is 0.0237. The predicted octanol–water partition coefficient (Wildman–Crippen LogP) is 2.41. The zero-order valence-electron chi connectivity index (χ0n) is 11.5. The summed E-state index contributed by atoms with van der Waals surface area (Å²) in [5.41, 5.74) is 0.838. The van der Waals surface area contributed by atoms with Gasteiger partial charge in [0.1, 0.15) is 5.75 Å². The molecule has 0 aliphatic rings. The summed E-state index contributed by atoms with van der Waals surface area (Å²) < 4.78 is 5.66. The van der Waals surface area contributed by atoms with Gasteiger partial charge in [-0.3, -0.25) is 4.79 Å². The minimum Gasteiger partial charge on any atom is -0.489 e. The highest BCUT2D eigenvalue weighted by Crippen LogP contribution is 2.24. The monoisotopic (exact) mass is 250 g/mol. The normalized spacial score (nSPS) is 10.6. The van der Waals surface area contributed by atoms with Crippen LogP contribution in [0, 0.1) is 0 Å². The van der Waals surface area contributed by atoms with Crippen molar-refractivity contribution in [3.63, 3.8) is 0 Å². The molecule has 18 heavy (non-hydrogen) atoms. The van der Waals surface area contributed by atoms with Crippen molar-refractivity contribution >= 4 is 11.6 Å². The van der Waals surface area contributed by atoms with Gasteiger partial charge in [0.15, 0.2) is 0 Å². The number of amides is 1. The van der Waals surface area contributed by atoms with Crippen LogP contribution in [0.4, 0.5) is 5.69 Å². The van der Waals surface area contributed by atoms with Gasteiger partial charge in [-0.2, -0.15) is 0 Å². The Morgan fingerprint density at radius 1 is 1.22 bits per heavy atom. The van der Waals surface area contributed by atoms with Crippen molar-refractivity contribution in [3.8, 4) is 5.75 Å². The average molecular weight is 250 g/mol. The third-order valence-corrected chi connectivity index (χ3v) is 2.14. The number of nitrogens with one attached hydrogen (secondary N) is 2. The largest absolute Gasteiger partial charge is 0.489 e. The Bertz CT molecular complexity index is 389. The van der Waals surface area contributed by atoms with E-state index in [4.69, 9.17) is 4.74 Å². The maximum atomic E-state index is 11.5. The summed E-state index contributed by atoms with van der Waals surface area (Å²) >= 11 is 0. The molecular weight excluding hydrogens is 228 g/mol. The van der Waals surface area contributed by atoms with E-state index in [1.807, 2.05) is 52.0 Å². The van der Waals surface area contributed by atoms with Crippen LogP contribution in [0.2, 0.25) is 0 Å². The lowest BCUT2D eigenvalue weighted by atomic mass is 10.3. The minimum atomic E-state index is -0.0237. The fourth-order valence-corrected chi connectivity index (χ4v) is 1.52. The maximum absolute atomic E-state index is 11.5. The first-order chi connectivity index (χ1) is 8.49. The molecular formula is C14H22N2O2. The Hall–Kier alpha value is -1.71. The number of rotatable bonds is 6. The molecule has 1 aromatic rings. The van der Waals surface area contributed by atoms with Crippen LogP contribution in [0.25, 0.3) is 0 Å². The Morgan fingerprint density at radius 3 is 2.50 bits per heavy atom. The van der Waals surface area contributed by atoms with E-state index in [2.05, 4.69) is 10.6 Å². The van der Waals surface area contributed by atoms with Crippen molar-refractivity contribution in [2.24, 2.45) is 0 Å². The molecule has 4 heteroatoms. The first-order valence-corrected chi connectivity index (χ1v) is 6.28. The van der Waals surface area contributed by atoms with Gasteiger partial charge in [-0.1, -0.05) is 12.1 Å². The second-order valence-corrected chi connectivity index (χ2v) is 4.74. The van der Waals surface area contributed by atoms with Crippen LogP contribution in [0.15, 0.2) is 24.3 Å². The summed E-state index contributed by atoms with van der Waals surface area (Å²) in [5.74, 6) is 0.745. The molecule has 0 atom stereocenters. The van der Waals surface area contributed by atoms with Crippen LogP contribution in [0.1, 0.15) is 27.7 Å². The van der Waals surface area contributed by atoms with E-state index in [1.165, 1.54) is 0 Å². The van der Waals surface area contributed by atoms with Gasteiger partial charge in [-0.15, -0.1) is 0 Å². The van der Waals surface area contributed by atoms with Gasteiger partial charge in [0.25, 0.3) is 0 Å². The lowest BCUT2D eigenvalue weighted by Gasteiger charge is -2.15. The number of carbonyl (C=O) groups is 1. The molecule has 0 unspecified atom stereocenters. The van der Waals surface area contributed by atoms with Gasteiger partial charge in [0.05, 0.1) is 18.3 Å². The molecule has 4 nitrogen and oxygen atoms in total. The maximum Gasteiger partial charge on any atom is 0.239 e. The van der Waals surface area contributed by atoms with E-state index in [0.29, 0.717) is 0 Å². The summed E-state index contributed by atoms with van der Waals surface area (Å²) in [7, 11) is 0. The Morgan fingerprint density at radius 2 is 1.89 bits per heavy atom. The zero-order chi connectivity index (χ0) is 13.5. The molecule has 0 aliphatic heterocycles. The number of benzene rings is 1. The highest BCUT2D eigenvalue weighted by Gasteiger charge is 2.07. The van der Waals surface area contributed by atoms with E-state index in [-0.39, 0.29) is 24.6 Å². The lowest BCUT2D eigenvalue weighted by Crippen LogP contribution is -2.34. The number of hydrogen-bond donors (Lipinski definition) is 2. The topological polar surface area (TPSA) is 50.4 Å². The van der Waals surface area contributed by atoms with Crippen LogP contribution >= 0.6 is 0 Å². The number of hydrogen-bond acceptors (Lipinski definition) is 3. The lowest BCUT2D eigenvalue weighted by molar-refractivity contribution is -0.119. The Kier molecular flexibility index (Phi) is 5.49. The molecule has 1 rings (SSSR count). The molecule has 0 aromatic heterocycles. The van der Waals surface area contributed by atoms with Gasteiger partial charge in [-0.05, 0) is 39.8 Å². The van der Waals surface area contributed by atoms with Crippen molar-refractivity contribution in [2.75, 3.05) is 11.9 Å². The quantitative estimate of drug-likeness (QED) is 0.815. The second-order valence-electron chi connectivity index (χ2n) is 4.74. The van der Waals surface area contributed by atoms with E-state index < -0.39 is 0 Å². The van der Waals surface area contributed by atoms with Crippen LogP contribution in [0.5, 0.6) is 5.75 Å². The molecule has 0 saturated carbocycles. The summed E-state index contributed by atoms with van der Waals surface area (Å²) in [5, 5.41) is 5.92. The van der Waals surface area contributed by atoms with Crippen molar-refractivity contribution in [1.29, 1.82) is 0 Å². The van der Waals surface area contributed by atoms with Crippen molar-refractivity contribution in [1.82, 2.24) is 5.32 Å². The van der Waals surface area contributed by atoms with Gasteiger partial charge < -0.3 is 15.4 Å². The Balaban J connectivity index is 2.58. The third-order valence-electron chi connectivity index (χ3n) is 2.14. The molecule has 2 N–H and O–H groups in total. The molecule has 0 aliphatic carbocycles. The van der Waals surface area contributed by atoms with Crippen molar-refractivity contribution in [2.45, 2.75) is 39.8 Å². The fraction of sp³-hybridized carbons (Fsp3) is 0.500. The van der Waals surface area contributed by atoms with Gasteiger partial charge in [0.2, 0.25) is 5.91 Å². The standard InChI is InChI=1S/C14H22N2O2/c1-10(2)16-14(17)9-15-12-7-5-6-8-13(12)18-11(3)4/h5-8,10-11,15H,9H2,1-4H3,(H,16,17). The van der Waals surface area contributed by atoms with Crippen LogP contribution in [-0.4, -0.2) is 24.6 Å². The highest BCUT2D eigenvalue weighted by atomic mass is 16.5. The molecule has 0 bridgehead atoms. The van der Waals surface area contributed by atoms with Gasteiger partial charge in [0, 0.05) is 6.04 Å². The number of carbonyl (C=O) groups excluding carboxylic acids is 1. The zero-order valence-corrected chi connectivity index (χ0v) is 11.5. The predicted molar refractivity (Wildman–Crippen MR) is 74.0 cm³/mol. The summed E-state index contributed by atoms with van der Waals surface area (Å²) in [6.07, 6.45) is 0.109. The summed E-state index contributed by atoms with van der Waals surface area (Å²) in [4.78, 5) is 11.5. The molecule has 0 spiro atoms. The fourth-order valence-electron chi connectivity index (χ4n) is 1.52. The van der Waals surface area contributed by atoms with Gasteiger partial charge >= 0.3 is 0 Å². The SMILES string of the molecule is CC(C)NC(=O)CNc1ccccc1OC(C)C. The van der Waals surface area contributed by atoms with Crippen molar-refractivity contribution in [3.05, 3.63) is 24.3 Å². The number of ether oxygens (including phenoxy) is 1. The molecule has 0 radical (unpaired) electrons. The first-order valence-electron chi connectivity index (χ1n) is 6.28. The van der Waals surface area contributed by atoms with Crippen LogP contribution in [-0.2, 0) is 4.79 Å². The smallest absolute Gasteiger partial charge is 0.239 e. The van der Waals surface area contributed by atoms with Gasteiger partial charge in [-0.25, -0.2) is 0 Å².